The maximum Gasteiger partial charge on any atom is 0.134 e. The molecule has 90 valence electrons. The molecule has 0 spiro atoms. The summed E-state index contributed by atoms with van der Waals surface area (Å²) in [4.78, 5) is 0. The lowest BCUT2D eigenvalue weighted by Crippen LogP contribution is -2.36. The number of rotatable bonds is 5. The highest BCUT2D eigenvalue weighted by molar-refractivity contribution is 6.32. The number of ether oxygens (including phenoxy) is 1. The minimum absolute atomic E-state index is 0.114. The van der Waals surface area contributed by atoms with E-state index in [1.807, 2.05) is 19.9 Å². The molecular formula is C12H18ClNO2. The first-order valence-corrected chi connectivity index (χ1v) is 5.56. The van der Waals surface area contributed by atoms with E-state index in [1.54, 1.807) is 19.2 Å². The number of phenols is 1. The van der Waals surface area contributed by atoms with Gasteiger partial charge in [-0.15, -0.1) is 0 Å². The zero-order chi connectivity index (χ0) is 12.2. The molecule has 0 aliphatic rings. The average Bonchev–Trinajstić information content (AvgIpc) is 2.23. The third-order valence-corrected chi connectivity index (χ3v) is 2.75. The van der Waals surface area contributed by atoms with Crippen LogP contribution in [0.3, 0.4) is 0 Å². The number of benzene rings is 1. The molecule has 0 amide bonds. The Morgan fingerprint density at radius 2 is 2.12 bits per heavy atom. The van der Waals surface area contributed by atoms with E-state index in [9.17, 15) is 5.11 Å². The minimum atomic E-state index is -0.180. The Kier molecular flexibility index (Phi) is 4.59. The van der Waals surface area contributed by atoms with Crippen LogP contribution < -0.4 is 5.32 Å². The van der Waals surface area contributed by atoms with Crippen molar-refractivity contribution in [1.82, 2.24) is 5.32 Å². The predicted molar refractivity (Wildman–Crippen MR) is 65.9 cm³/mol. The summed E-state index contributed by atoms with van der Waals surface area (Å²) in [5, 5.41) is 12.9. The molecule has 1 aromatic rings. The summed E-state index contributed by atoms with van der Waals surface area (Å²) in [5.74, 6) is 0.114. The van der Waals surface area contributed by atoms with Gasteiger partial charge in [0.25, 0.3) is 0 Å². The molecule has 0 radical (unpaired) electrons. The van der Waals surface area contributed by atoms with Crippen LogP contribution in [0.4, 0.5) is 0 Å². The standard InChI is InChI=1S/C12H18ClNO2/c1-12(2,16-3)8-14-7-9-4-5-11(15)10(13)6-9/h4-6,14-15H,7-8H2,1-3H3. The van der Waals surface area contributed by atoms with Gasteiger partial charge in [0.15, 0.2) is 0 Å². The summed E-state index contributed by atoms with van der Waals surface area (Å²) in [7, 11) is 1.69. The summed E-state index contributed by atoms with van der Waals surface area (Å²) in [5.41, 5.74) is 0.857. The van der Waals surface area contributed by atoms with Gasteiger partial charge >= 0.3 is 0 Å². The number of aromatic hydroxyl groups is 1. The van der Waals surface area contributed by atoms with E-state index in [1.165, 1.54) is 0 Å². The lowest BCUT2D eigenvalue weighted by molar-refractivity contribution is 0.0230. The SMILES string of the molecule is COC(C)(C)CNCc1ccc(O)c(Cl)c1. The Morgan fingerprint density at radius 3 is 2.69 bits per heavy atom. The number of methoxy groups -OCH3 is 1. The average molecular weight is 244 g/mol. The van der Waals surface area contributed by atoms with Crippen LogP contribution in [-0.2, 0) is 11.3 Å². The van der Waals surface area contributed by atoms with Crippen molar-refractivity contribution in [3.05, 3.63) is 28.8 Å². The van der Waals surface area contributed by atoms with Gasteiger partial charge in [0.1, 0.15) is 5.75 Å². The quantitative estimate of drug-likeness (QED) is 0.835. The predicted octanol–water partition coefficient (Wildman–Crippen LogP) is 2.56. The van der Waals surface area contributed by atoms with E-state index in [2.05, 4.69) is 5.32 Å². The largest absolute Gasteiger partial charge is 0.506 e. The molecule has 0 heterocycles. The smallest absolute Gasteiger partial charge is 0.134 e. The summed E-state index contributed by atoms with van der Waals surface area (Å²) in [6.07, 6.45) is 0. The Bertz CT molecular complexity index is 353. The van der Waals surface area contributed by atoms with Crippen LogP contribution in [0.5, 0.6) is 5.75 Å². The molecular weight excluding hydrogens is 226 g/mol. The monoisotopic (exact) mass is 243 g/mol. The van der Waals surface area contributed by atoms with Crippen LogP contribution in [-0.4, -0.2) is 24.4 Å². The van der Waals surface area contributed by atoms with Crippen LogP contribution in [0.2, 0.25) is 5.02 Å². The zero-order valence-corrected chi connectivity index (χ0v) is 10.6. The summed E-state index contributed by atoms with van der Waals surface area (Å²) in [6.45, 7) is 5.49. The molecule has 1 rings (SSSR count). The molecule has 0 fully saturated rings. The molecule has 0 saturated carbocycles. The summed E-state index contributed by atoms with van der Waals surface area (Å²) in [6, 6.07) is 5.19. The van der Waals surface area contributed by atoms with Crippen LogP contribution in [0.15, 0.2) is 18.2 Å². The first-order chi connectivity index (χ1) is 7.44. The van der Waals surface area contributed by atoms with Crippen molar-refractivity contribution in [1.29, 1.82) is 0 Å². The Hall–Kier alpha value is -0.770. The first kappa shape index (κ1) is 13.3. The zero-order valence-electron chi connectivity index (χ0n) is 9.88. The van der Waals surface area contributed by atoms with Gasteiger partial charge in [-0.3, -0.25) is 0 Å². The summed E-state index contributed by atoms with van der Waals surface area (Å²) < 4.78 is 5.29. The molecule has 0 bridgehead atoms. The Balaban J connectivity index is 2.46. The fourth-order valence-electron chi connectivity index (χ4n) is 1.24. The highest BCUT2D eigenvalue weighted by atomic mass is 35.5. The second-order valence-corrected chi connectivity index (χ2v) is 4.76. The fraction of sp³-hybridized carbons (Fsp3) is 0.500. The van der Waals surface area contributed by atoms with Crippen molar-refractivity contribution in [2.24, 2.45) is 0 Å². The van der Waals surface area contributed by atoms with E-state index >= 15 is 0 Å². The molecule has 0 unspecified atom stereocenters. The van der Waals surface area contributed by atoms with Gasteiger partial charge in [0.2, 0.25) is 0 Å². The van der Waals surface area contributed by atoms with Crippen molar-refractivity contribution in [3.8, 4) is 5.75 Å². The van der Waals surface area contributed by atoms with E-state index in [-0.39, 0.29) is 11.4 Å². The third kappa shape index (κ3) is 4.00. The first-order valence-electron chi connectivity index (χ1n) is 5.18. The van der Waals surface area contributed by atoms with Crippen molar-refractivity contribution in [2.45, 2.75) is 26.0 Å². The van der Waals surface area contributed by atoms with Crippen molar-refractivity contribution >= 4 is 11.6 Å². The molecule has 0 saturated heterocycles. The van der Waals surface area contributed by atoms with Gasteiger partial charge in [-0.2, -0.15) is 0 Å². The number of hydrogen-bond donors (Lipinski definition) is 2. The molecule has 0 aliphatic heterocycles. The van der Waals surface area contributed by atoms with E-state index in [4.69, 9.17) is 16.3 Å². The third-order valence-electron chi connectivity index (χ3n) is 2.44. The molecule has 3 nitrogen and oxygen atoms in total. The van der Waals surface area contributed by atoms with E-state index < -0.39 is 0 Å². The normalized spacial score (nSPS) is 11.8. The minimum Gasteiger partial charge on any atom is -0.506 e. The lowest BCUT2D eigenvalue weighted by atomic mass is 10.1. The van der Waals surface area contributed by atoms with Crippen molar-refractivity contribution in [2.75, 3.05) is 13.7 Å². The van der Waals surface area contributed by atoms with Gasteiger partial charge in [-0.05, 0) is 31.5 Å². The van der Waals surface area contributed by atoms with E-state index in [0.717, 1.165) is 12.1 Å². The topological polar surface area (TPSA) is 41.5 Å². The number of halogens is 1. The summed E-state index contributed by atoms with van der Waals surface area (Å²) >= 11 is 5.81. The Labute approximate surface area is 101 Å². The maximum absolute atomic E-state index is 9.26. The molecule has 4 heteroatoms. The van der Waals surface area contributed by atoms with Gasteiger partial charge in [0.05, 0.1) is 10.6 Å². The molecule has 2 N–H and O–H groups in total. The Morgan fingerprint density at radius 1 is 1.44 bits per heavy atom. The fourth-order valence-corrected chi connectivity index (χ4v) is 1.44. The molecule has 16 heavy (non-hydrogen) atoms. The second kappa shape index (κ2) is 5.53. The second-order valence-electron chi connectivity index (χ2n) is 4.35. The van der Waals surface area contributed by atoms with Crippen molar-refractivity contribution in [3.63, 3.8) is 0 Å². The molecule has 0 aliphatic carbocycles. The number of hydrogen-bond acceptors (Lipinski definition) is 3. The number of nitrogens with one attached hydrogen (secondary N) is 1. The highest BCUT2D eigenvalue weighted by Crippen LogP contribution is 2.23. The van der Waals surface area contributed by atoms with Gasteiger partial charge in [0, 0.05) is 20.2 Å². The van der Waals surface area contributed by atoms with Crippen LogP contribution in [0.1, 0.15) is 19.4 Å². The lowest BCUT2D eigenvalue weighted by Gasteiger charge is -2.23. The number of phenolic OH excluding ortho intramolecular Hbond substituents is 1. The van der Waals surface area contributed by atoms with Gasteiger partial charge in [-0.25, -0.2) is 0 Å². The molecule has 0 aromatic heterocycles. The van der Waals surface area contributed by atoms with Gasteiger partial charge < -0.3 is 15.2 Å². The van der Waals surface area contributed by atoms with E-state index in [0.29, 0.717) is 11.6 Å². The van der Waals surface area contributed by atoms with Crippen LogP contribution in [0, 0.1) is 0 Å². The molecule has 0 atom stereocenters. The molecule has 1 aromatic carbocycles. The van der Waals surface area contributed by atoms with Crippen LogP contribution in [0.25, 0.3) is 0 Å². The van der Waals surface area contributed by atoms with Gasteiger partial charge in [-0.1, -0.05) is 17.7 Å². The van der Waals surface area contributed by atoms with Crippen molar-refractivity contribution < 1.29 is 9.84 Å². The maximum atomic E-state index is 9.26. The van der Waals surface area contributed by atoms with Crippen LogP contribution >= 0.6 is 11.6 Å². The highest BCUT2D eigenvalue weighted by Gasteiger charge is 2.15.